The highest BCUT2D eigenvalue weighted by Crippen LogP contribution is 2.21. The molecule has 0 radical (unpaired) electrons. The number of hydrogen-bond acceptors (Lipinski definition) is 3. The van der Waals surface area contributed by atoms with Crippen molar-refractivity contribution in [1.29, 1.82) is 0 Å². The van der Waals surface area contributed by atoms with Crippen LogP contribution in [0.15, 0.2) is 24.3 Å². The van der Waals surface area contributed by atoms with E-state index >= 15 is 0 Å². The number of hydrogen-bond donors (Lipinski definition) is 3. The van der Waals surface area contributed by atoms with E-state index in [0.717, 1.165) is 37.2 Å². The van der Waals surface area contributed by atoms with E-state index in [0.29, 0.717) is 6.54 Å². The van der Waals surface area contributed by atoms with Gasteiger partial charge in [0.2, 0.25) is 5.91 Å². The number of primary amides is 1. The number of aryl methyl sites for hydroxylation is 1. The minimum atomic E-state index is -0.612. The number of carbonyl (C=O) groups excluding carboxylic acids is 2. The summed E-state index contributed by atoms with van der Waals surface area (Å²) in [7, 11) is 0. The minimum Gasteiger partial charge on any atom is -0.352 e. The van der Waals surface area contributed by atoms with Crippen molar-refractivity contribution in [3.05, 3.63) is 35.4 Å². The standard InChI is InChI=1S/C16H24N4O2/c1-12-5-2-3-6-13(12)14(19-16(17)22)11-15(21)20-9-4-7-18-8-10-20/h2-3,5-6,14,18H,4,7-11H2,1H3,(H3,17,19,22)/t14-/m1/s1. The smallest absolute Gasteiger partial charge is 0.312 e. The van der Waals surface area contributed by atoms with Crippen LogP contribution in [0.4, 0.5) is 4.79 Å². The van der Waals surface area contributed by atoms with Crippen LogP contribution < -0.4 is 16.4 Å². The summed E-state index contributed by atoms with van der Waals surface area (Å²) in [6, 6.07) is 6.72. The summed E-state index contributed by atoms with van der Waals surface area (Å²) < 4.78 is 0. The Morgan fingerprint density at radius 1 is 1.32 bits per heavy atom. The maximum absolute atomic E-state index is 12.5. The van der Waals surface area contributed by atoms with Gasteiger partial charge in [-0.2, -0.15) is 0 Å². The van der Waals surface area contributed by atoms with Gasteiger partial charge in [-0.3, -0.25) is 4.79 Å². The van der Waals surface area contributed by atoms with Crippen LogP contribution in [-0.2, 0) is 4.79 Å². The molecule has 6 nitrogen and oxygen atoms in total. The molecule has 1 heterocycles. The Bertz CT molecular complexity index is 525. The third-order valence-corrected chi connectivity index (χ3v) is 3.95. The molecule has 0 saturated carbocycles. The van der Waals surface area contributed by atoms with E-state index in [9.17, 15) is 9.59 Å². The van der Waals surface area contributed by atoms with Gasteiger partial charge in [-0.05, 0) is 31.0 Å². The van der Waals surface area contributed by atoms with E-state index in [1.807, 2.05) is 36.1 Å². The summed E-state index contributed by atoms with van der Waals surface area (Å²) >= 11 is 0. The first-order valence-corrected chi connectivity index (χ1v) is 7.68. The number of benzene rings is 1. The van der Waals surface area contributed by atoms with Gasteiger partial charge in [0.05, 0.1) is 12.5 Å². The summed E-state index contributed by atoms with van der Waals surface area (Å²) in [5.41, 5.74) is 7.24. The molecule has 6 heteroatoms. The van der Waals surface area contributed by atoms with Crippen molar-refractivity contribution in [2.45, 2.75) is 25.8 Å². The van der Waals surface area contributed by atoms with Crippen molar-refractivity contribution in [3.63, 3.8) is 0 Å². The normalized spacial score (nSPS) is 16.7. The lowest BCUT2D eigenvalue weighted by atomic mass is 9.98. The summed E-state index contributed by atoms with van der Waals surface area (Å²) in [5, 5.41) is 5.97. The number of urea groups is 1. The highest BCUT2D eigenvalue weighted by molar-refractivity contribution is 5.79. The Kier molecular flexibility index (Phi) is 5.77. The predicted octanol–water partition coefficient (Wildman–Crippen LogP) is 0.916. The third kappa shape index (κ3) is 4.46. The molecule has 0 bridgehead atoms. The highest BCUT2D eigenvalue weighted by atomic mass is 16.2. The summed E-state index contributed by atoms with van der Waals surface area (Å²) in [4.78, 5) is 25.7. The van der Waals surface area contributed by atoms with E-state index in [2.05, 4.69) is 10.6 Å². The molecule has 2 rings (SSSR count). The van der Waals surface area contributed by atoms with E-state index in [1.54, 1.807) is 0 Å². The van der Waals surface area contributed by atoms with Crippen molar-refractivity contribution >= 4 is 11.9 Å². The van der Waals surface area contributed by atoms with Crippen LogP contribution in [0.3, 0.4) is 0 Å². The van der Waals surface area contributed by atoms with Crippen LogP contribution in [0.2, 0.25) is 0 Å². The molecule has 1 aliphatic heterocycles. The van der Waals surface area contributed by atoms with Gasteiger partial charge < -0.3 is 21.3 Å². The molecule has 22 heavy (non-hydrogen) atoms. The molecule has 1 aromatic rings. The third-order valence-electron chi connectivity index (χ3n) is 3.95. The molecule has 120 valence electrons. The van der Waals surface area contributed by atoms with Gasteiger partial charge in [-0.25, -0.2) is 4.79 Å². The maximum Gasteiger partial charge on any atom is 0.312 e. The maximum atomic E-state index is 12.5. The van der Waals surface area contributed by atoms with E-state index in [1.165, 1.54) is 0 Å². The molecule has 4 N–H and O–H groups in total. The van der Waals surface area contributed by atoms with Crippen molar-refractivity contribution in [2.75, 3.05) is 26.2 Å². The first-order valence-electron chi connectivity index (χ1n) is 7.68. The van der Waals surface area contributed by atoms with Crippen molar-refractivity contribution in [2.24, 2.45) is 5.73 Å². The number of rotatable bonds is 4. The van der Waals surface area contributed by atoms with Crippen LogP contribution >= 0.6 is 0 Å². The van der Waals surface area contributed by atoms with Gasteiger partial charge in [0.25, 0.3) is 0 Å². The Hall–Kier alpha value is -2.08. The number of nitrogens with two attached hydrogens (primary N) is 1. The second kappa shape index (κ2) is 7.79. The zero-order valence-electron chi connectivity index (χ0n) is 13.0. The SMILES string of the molecule is Cc1ccccc1[C@@H](CC(=O)N1CCCNCC1)NC(N)=O. The molecule has 0 unspecified atom stereocenters. The van der Waals surface area contributed by atoms with Gasteiger partial charge in [0, 0.05) is 19.6 Å². The Labute approximate surface area is 131 Å². The lowest BCUT2D eigenvalue weighted by Crippen LogP contribution is -2.39. The molecule has 1 aromatic carbocycles. The average Bonchev–Trinajstić information content (AvgIpc) is 2.75. The van der Waals surface area contributed by atoms with Crippen LogP contribution in [0.25, 0.3) is 0 Å². The fraction of sp³-hybridized carbons (Fsp3) is 0.500. The summed E-state index contributed by atoms with van der Waals surface area (Å²) in [6.07, 6.45) is 1.18. The number of carbonyl (C=O) groups is 2. The Balaban J connectivity index is 2.10. The first kappa shape index (κ1) is 16.3. The van der Waals surface area contributed by atoms with Gasteiger partial charge in [0.1, 0.15) is 0 Å². The molecule has 1 aliphatic rings. The lowest BCUT2D eigenvalue weighted by molar-refractivity contribution is -0.131. The fourth-order valence-corrected chi connectivity index (χ4v) is 2.79. The van der Waals surface area contributed by atoms with E-state index in [-0.39, 0.29) is 18.4 Å². The van der Waals surface area contributed by atoms with Gasteiger partial charge in [-0.1, -0.05) is 24.3 Å². The number of amides is 3. The molecule has 1 atom stereocenters. The average molecular weight is 304 g/mol. The van der Waals surface area contributed by atoms with E-state index < -0.39 is 6.03 Å². The second-order valence-electron chi connectivity index (χ2n) is 5.61. The number of nitrogens with zero attached hydrogens (tertiary/aromatic N) is 1. The molecular weight excluding hydrogens is 280 g/mol. The van der Waals surface area contributed by atoms with Crippen LogP contribution in [0.1, 0.15) is 30.0 Å². The molecular formula is C16H24N4O2. The molecule has 3 amide bonds. The summed E-state index contributed by atoms with van der Waals surface area (Å²) in [6.45, 7) is 5.17. The molecule has 1 fully saturated rings. The topological polar surface area (TPSA) is 87.5 Å². The fourth-order valence-electron chi connectivity index (χ4n) is 2.79. The molecule has 0 aromatic heterocycles. The van der Waals surface area contributed by atoms with Gasteiger partial charge in [-0.15, -0.1) is 0 Å². The Morgan fingerprint density at radius 2 is 2.09 bits per heavy atom. The molecule has 0 spiro atoms. The second-order valence-corrected chi connectivity index (χ2v) is 5.61. The molecule has 1 saturated heterocycles. The zero-order valence-corrected chi connectivity index (χ0v) is 13.0. The highest BCUT2D eigenvalue weighted by Gasteiger charge is 2.23. The van der Waals surface area contributed by atoms with Crippen molar-refractivity contribution < 1.29 is 9.59 Å². The largest absolute Gasteiger partial charge is 0.352 e. The lowest BCUT2D eigenvalue weighted by Gasteiger charge is -2.25. The van der Waals surface area contributed by atoms with Crippen LogP contribution in [-0.4, -0.2) is 43.0 Å². The monoisotopic (exact) mass is 304 g/mol. The predicted molar refractivity (Wildman–Crippen MR) is 85.3 cm³/mol. The van der Waals surface area contributed by atoms with E-state index in [4.69, 9.17) is 5.73 Å². The summed E-state index contributed by atoms with van der Waals surface area (Å²) in [5.74, 6) is 0.0469. The number of nitrogens with one attached hydrogen (secondary N) is 2. The van der Waals surface area contributed by atoms with Gasteiger partial charge >= 0.3 is 6.03 Å². The zero-order chi connectivity index (χ0) is 15.9. The molecule has 0 aliphatic carbocycles. The minimum absolute atomic E-state index is 0.0469. The Morgan fingerprint density at radius 3 is 2.82 bits per heavy atom. The van der Waals surface area contributed by atoms with Crippen molar-refractivity contribution in [1.82, 2.24) is 15.5 Å². The van der Waals surface area contributed by atoms with Crippen LogP contribution in [0.5, 0.6) is 0 Å². The van der Waals surface area contributed by atoms with Crippen molar-refractivity contribution in [3.8, 4) is 0 Å². The quantitative estimate of drug-likeness (QED) is 0.773. The first-order chi connectivity index (χ1) is 10.6. The van der Waals surface area contributed by atoms with Gasteiger partial charge in [0.15, 0.2) is 0 Å². The van der Waals surface area contributed by atoms with Crippen LogP contribution in [0, 0.1) is 6.92 Å².